The molecule has 2 aliphatic rings. The normalized spacial score (nSPS) is 25.0. The van der Waals surface area contributed by atoms with Crippen LogP contribution in [0.4, 0.5) is 0 Å². The van der Waals surface area contributed by atoms with Crippen LogP contribution in [-0.2, 0) is 26.8 Å². The van der Waals surface area contributed by atoms with Crippen molar-refractivity contribution in [2.24, 2.45) is 0 Å². The van der Waals surface area contributed by atoms with Gasteiger partial charge in [0.25, 0.3) is 0 Å². The zero-order valence-electron chi connectivity index (χ0n) is 14.8. The molecule has 0 saturated carbocycles. The van der Waals surface area contributed by atoms with Gasteiger partial charge in [0.05, 0.1) is 17.0 Å². The second-order valence-electron chi connectivity index (χ2n) is 6.91. The number of pyridine rings is 1. The second-order valence-corrected chi connectivity index (χ2v) is 8.74. The molecule has 26 heavy (non-hydrogen) atoms. The Morgan fingerprint density at radius 1 is 1.19 bits per heavy atom. The van der Waals surface area contributed by atoms with Crippen LogP contribution in [0, 0.1) is 0 Å². The summed E-state index contributed by atoms with van der Waals surface area (Å²) in [6.07, 6.45) is 4.38. The molecule has 1 atom stereocenters. The quantitative estimate of drug-likeness (QED) is 0.800. The molecule has 138 valence electrons. The fourth-order valence-electron chi connectivity index (χ4n) is 4.24. The molecule has 0 bridgehead atoms. The van der Waals surface area contributed by atoms with Crippen molar-refractivity contribution in [1.82, 2.24) is 14.2 Å². The number of fused-ring (bicyclic) bond motifs is 2. The van der Waals surface area contributed by atoms with Gasteiger partial charge in [-0.05, 0) is 35.7 Å². The average molecular weight is 373 g/mol. The first-order chi connectivity index (χ1) is 12.6. The van der Waals surface area contributed by atoms with Crippen LogP contribution in [0.15, 0.2) is 53.7 Å². The van der Waals surface area contributed by atoms with Gasteiger partial charge >= 0.3 is 0 Å². The zero-order valence-corrected chi connectivity index (χ0v) is 15.7. The van der Waals surface area contributed by atoms with Gasteiger partial charge in [0.2, 0.25) is 10.0 Å². The first kappa shape index (κ1) is 17.6. The van der Waals surface area contributed by atoms with Gasteiger partial charge in [-0.15, -0.1) is 0 Å². The zero-order chi connectivity index (χ0) is 18.2. The van der Waals surface area contributed by atoms with E-state index in [1.165, 1.54) is 5.56 Å². The lowest BCUT2D eigenvalue weighted by Gasteiger charge is -2.34. The van der Waals surface area contributed by atoms with Crippen LogP contribution in [0.3, 0.4) is 0 Å². The predicted molar refractivity (Wildman–Crippen MR) is 98.0 cm³/mol. The van der Waals surface area contributed by atoms with E-state index in [1.807, 2.05) is 24.3 Å². The van der Waals surface area contributed by atoms with E-state index in [4.69, 9.17) is 4.74 Å². The molecule has 0 N–H and O–H groups in total. The highest BCUT2D eigenvalue weighted by Gasteiger charge is 2.56. The standard InChI is InChI=1S/C19H23N3O3S/c1-25-13-12-22-19(17-4-2-3-5-18(17)26(22,23)24)8-11-21(15-19)14-16-6-9-20-10-7-16/h2-7,9-10H,8,11-15H2,1H3/t19-/m0/s1. The summed E-state index contributed by atoms with van der Waals surface area (Å²) in [5.74, 6) is 0. The van der Waals surface area contributed by atoms with E-state index in [2.05, 4.69) is 9.88 Å². The SMILES string of the molecule is COCCN1[C@]2(CCN(Cc3ccncc3)C2)c2ccccc2S1(=O)=O. The van der Waals surface area contributed by atoms with Crippen molar-refractivity contribution in [1.29, 1.82) is 0 Å². The molecule has 0 unspecified atom stereocenters. The van der Waals surface area contributed by atoms with E-state index in [0.717, 1.165) is 25.1 Å². The van der Waals surface area contributed by atoms with Crippen molar-refractivity contribution in [2.75, 3.05) is 33.4 Å². The summed E-state index contributed by atoms with van der Waals surface area (Å²) >= 11 is 0. The molecular formula is C19H23N3O3S. The number of likely N-dealkylation sites (tertiary alicyclic amines) is 1. The summed E-state index contributed by atoms with van der Waals surface area (Å²) < 4.78 is 33.2. The highest BCUT2D eigenvalue weighted by molar-refractivity contribution is 7.89. The van der Waals surface area contributed by atoms with Gasteiger partial charge in [0.1, 0.15) is 0 Å². The molecule has 6 nitrogen and oxygen atoms in total. The first-order valence-electron chi connectivity index (χ1n) is 8.80. The predicted octanol–water partition coefficient (Wildman–Crippen LogP) is 1.83. The minimum atomic E-state index is -3.49. The molecule has 3 heterocycles. The van der Waals surface area contributed by atoms with Crippen LogP contribution >= 0.6 is 0 Å². The number of hydrogen-bond donors (Lipinski definition) is 0. The number of rotatable bonds is 5. The summed E-state index contributed by atoms with van der Waals surface area (Å²) in [5, 5.41) is 0. The summed E-state index contributed by atoms with van der Waals surface area (Å²) in [4.78, 5) is 6.84. The number of benzene rings is 1. The van der Waals surface area contributed by atoms with Crippen LogP contribution in [0.1, 0.15) is 17.5 Å². The maximum atomic E-state index is 13.2. The maximum absolute atomic E-state index is 13.2. The molecule has 1 aromatic carbocycles. The van der Waals surface area contributed by atoms with Crippen LogP contribution in [0.5, 0.6) is 0 Å². The fraction of sp³-hybridized carbons (Fsp3) is 0.421. The van der Waals surface area contributed by atoms with Gasteiger partial charge in [0.15, 0.2) is 0 Å². The number of aromatic nitrogens is 1. The third kappa shape index (κ3) is 2.75. The van der Waals surface area contributed by atoms with E-state index in [9.17, 15) is 8.42 Å². The largest absolute Gasteiger partial charge is 0.383 e. The Hall–Kier alpha value is -1.80. The van der Waals surface area contributed by atoms with Gasteiger partial charge in [0, 0.05) is 45.7 Å². The number of methoxy groups -OCH3 is 1. The number of nitrogens with zero attached hydrogens (tertiary/aromatic N) is 3. The molecule has 0 amide bonds. The van der Waals surface area contributed by atoms with Crippen molar-refractivity contribution in [2.45, 2.75) is 23.4 Å². The first-order valence-corrected chi connectivity index (χ1v) is 10.2. The summed E-state index contributed by atoms with van der Waals surface area (Å²) in [6, 6.07) is 11.4. The Kier molecular flexibility index (Phi) is 4.56. The van der Waals surface area contributed by atoms with Gasteiger partial charge < -0.3 is 4.74 Å². The van der Waals surface area contributed by atoms with Crippen molar-refractivity contribution in [3.63, 3.8) is 0 Å². The highest BCUT2D eigenvalue weighted by Crippen LogP contribution is 2.49. The molecule has 2 aromatic rings. The highest BCUT2D eigenvalue weighted by atomic mass is 32.2. The maximum Gasteiger partial charge on any atom is 0.244 e. The van der Waals surface area contributed by atoms with Crippen molar-refractivity contribution in [3.8, 4) is 0 Å². The van der Waals surface area contributed by atoms with Gasteiger partial charge in [-0.3, -0.25) is 9.88 Å². The van der Waals surface area contributed by atoms with E-state index in [0.29, 0.717) is 24.6 Å². The molecular weight excluding hydrogens is 350 g/mol. The molecule has 2 aliphatic heterocycles. The Morgan fingerprint density at radius 3 is 2.73 bits per heavy atom. The van der Waals surface area contributed by atoms with Crippen molar-refractivity contribution < 1.29 is 13.2 Å². The minimum Gasteiger partial charge on any atom is -0.383 e. The van der Waals surface area contributed by atoms with E-state index in [1.54, 1.807) is 35.9 Å². The van der Waals surface area contributed by atoms with Crippen molar-refractivity contribution >= 4 is 10.0 Å². The summed E-state index contributed by atoms with van der Waals surface area (Å²) in [7, 11) is -1.89. The lowest BCUT2D eigenvalue weighted by atomic mass is 9.89. The molecule has 0 aliphatic carbocycles. The van der Waals surface area contributed by atoms with Gasteiger partial charge in [-0.1, -0.05) is 18.2 Å². The molecule has 1 spiro atoms. The lowest BCUT2D eigenvalue weighted by molar-refractivity contribution is 0.129. The second kappa shape index (κ2) is 6.74. The van der Waals surface area contributed by atoms with Crippen molar-refractivity contribution in [3.05, 3.63) is 59.9 Å². The summed E-state index contributed by atoms with van der Waals surface area (Å²) in [6.45, 7) is 3.10. The topological polar surface area (TPSA) is 62.7 Å². The minimum absolute atomic E-state index is 0.372. The Morgan fingerprint density at radius 2 is 1.96 bits per heavy atom. The Balaban J connectivity index is 1.68. The van der Waals surface area contributed by atoms with Gasteiger partial charge in [-0.25, -0.2) is 8.42 Å². The van der Waals surface area contributed by atoms with Gasteiger partial charge in [-0.2, -0.15) is 4.31 Å². The molecule has 7 heteroatoms. The third-order valence-corrected chi connectivity index (χ3v) is 7.44. The molecule has 1 fully saturated rings. The number of hydrogen-bond acceptors (Lipinski definition) is 5. The Bertz CT molecular complexity index is 888. The lowest BCUT2D eigenvalue weighted by Crippen LogP contribution is -2.47. The van der Waals surface area contributed by atoms with Crippen LogP contribution in [-0.4, -0.2) is 56.0 Å². The van der Waals surface area contributed by atoms with Crippen LogP contribution in [0.2, 0.25) is 0 Å². The van der Waals surface area contributed by atoms with Crippen LogP contribution < -0.4 is 0 Å². The monoisotopic (exact) mass is 373 g/mol. The molecule has 1 saturated heterocycles. The molecule has 1 aromatic heterocycles. The molecule has 4 rings (SSSR count). The Labute approximate surface area is 154 Å². The van der Waals surface area contributed by atoms with E-state index >= 15 is 0 Å². The number of sulfonamides is 1. The summed E-state index contributed by atoms with van der Waals surface area (Å²) in [5.41, 5.74) is 1.61. The van der Waals surface area contributed by atoms with E-state index in [-0.39, 0.29) is 0 Å². The van der Waals surface area contributed by atoms with E-state index < -0.39 is 15.6 Å². The van der Waals surface area contributed by atoms with Crippen LogP contribution in [0.25, 0.3) is 0 Å². The average Bonchev–Trinajstić information content (AvgIpc) is 3.14. The fourth-order valence-corrected chi connectivity index (χ4v) is 6.29. The number of ether oxygens (including phenoxy) is 1. The smallest absolute Gasteiger partial charge is 0.244 e. The third-order valence-electron chi connectivity index (χ3n) is 5.41. The molecule has 0 radical (unpaired) electrons.